The highest BCUT2D eigenvalue weighted by Gasteiger charge is 2.15. The lowest BCUT2D eigenvalue weighted by Crippen LogP contribution is -2.33. The molecular formula is C18H19N5O4. The van der Waals surface area contributed by atoms with Crippen LogP contribution in [0.1, 0.15) is 12.5 Å². The number of hydrogen-bond donors (Lipinski definition) is 2. The van der Waals surface area contributed by atoms with Gasteiger partial charge in [0.05, 0.1) is 12.8 Å². The van der Waals surface area contributed by atoms with Crippen LogP contribution in [0.15, 0.2) is 48.5 Å². The first-order valence-corrected chi connectivity index (χ1v) is 8.23. The summed E-state index contributed by atoms with van der Waals surface area (Å²) in [6.07, 6.45) is 0. The minimum atomic E-state index is -0.908. The number of ether oxygens (including phenoxy) is 2. The van der Waals surface area contributed by atoms with Crippen LogP contribution in [0.5, 0.6) is 17.5 Å². The fourth-order valence-electron chi connectivity index (χ4n) is 2.34. The second-order valence-electron chi connectivity index (χ2n) is 5.74. The van der Waals surface area contributed by atoms with Crippen molar-refractivity contribution in [2.24, 2.45) is 0 Å². The van der Waals surface area contributed by atoms with Crippen molar-refractivity contribution in [2.45, 2.75) is 19.5 Å². The lowest BCUT2D eigenvalue weighted by atomic mass is 10.2. The van der Waals surface area contributed by atoms with Gasteiger partial charge in [-0.1, -0.05) is 29.4 Å². The van der Waals surface area contributed by atoms with E-state index >= 15 is 0 Å². The number of tetrazole rings is 1. The SMILES string of the molecule is COc1cc(CNC(C)C(=O)O)ccc1Oc1nnnn1-c1ccccc1. The smallest absolute Gasteiger partial charge is 0.346 e. The quantitative estimate of drug-likeness (QED) is 0.620. The lowest BCUT2D eigenvalue weighted by molar-refractivity contribution is -0.139. The highest BCUT2D eigenvalue weighted by atomic mass is 16.5. The fourth-order valence-corrected chi connectivity index (χ4v) is 2.34. The van der Waals surface area contributed by atoms with Crippen molar-refractivity contribution in [3.05, 3.63) is 54.1 Å². The van der Waals surface area contributed by atoms with Gasteiger partial charge in [0.1, 0.15) is 6.04 Å². The number of benzene rings is 2. The van der Waals surface area contributed by atoms with E-state index in [2.05, 4.69) is 20.8 Å². The summed E-state index contributed by atoms with van der Waals surface area (Å²) < 4.78 is 12.7. The molecule has 0 fully saturated rings. The maximum Gasteiger partial charge on any atom is 0.346 e. The third-order valence-corrected chi connectivity index (χ3v) is 3.85. The molecule has 1 heterocycles. The van der Waals surface area contributed by atoms with Gasteiger partial charge in [0.25, 0.3) is 0 Å². The Kier molecular flexibility index (Phi) is 5.62. The lowest BCUT2D eigenvalue weighted by Gasteiger charge is -2.13. The Hall–Kier alpha value is -3.46. The molecule has 0 bridgehead atoms. The second-order valence-corrected chi connectivity index (χ2v) is 5.74. The first-order chi connectivity index (χ1) is 13.1. The van der Waals surface area contributed by atoms with E-state index in [1.165, 1.54) is 11.8 Å². The molecule has 140 valence electrons. The molecule has 0 radical (unpaired) electrons. The number of aromatic nitrogens is 4. The van der Waals surface area contributed by atoms with E-state index in [-0.39, 0.29) is 6.01 Å². The van der Waals surface area contributed by atoms with Crippen LogP contribution in [-0.4, -0.2) is 44.4 Å². The number of methoxy groups -OCH3 is 1. The molecule has 1 unspecified atom stereocenters. The van der Waals surface area contributed by atoms with E-state index in [0.29, 0.717) is 18.0 Å². The molecule has 3 aromatic rings. The minimum absolute atomic E-state index is 0.199. The fraction of sp³-hybridized carbons (Fsp3) is 0.222. The average Bonchev–Trinajstić information content (AvgIpc) is 3.15. The second kappa shape index (κ2) is 8.28. The van der Waals surface area contributed by atoms with E-state index in [0.717, 1.165) is 11.3 Å². The molecule has 0 aliphatic carbocycles. The standard InChI is InChI=1S/C18H19N5O4/c1-12(17(24)25)19-11-13-8-9-15(16(10-13)26-2)27-18-20-21-22-23(18)14-6-4-3-5-7-14/h3-10,12,19H,11H2,1-2H3,(H,24,25). The summed E-state index contributed by atoms with van der Waals surface area (Å²) in [6.45, 7) is 1.96. The van der Waals surface area contributed by atoms with E-state index < -0.39 is 12.0 Å². The van der Waals surface area contributed by atoms with Crippen molar-refractivity contribution >= 4 is 5.97 Å². The monoisotopic (exact) mass is 369 g/mol. The Balaban J connectivity index is 1.78. The number of aliphatic carboxylic acids is 1. The largest absolute Gasteiger partial charge is 0.493 e. The summed E-state index contributed by atoms with van der Waals surface area (Å²) in [5.41, 5.74) is 1.62. The van der Waals surface area contributed by atoms with Gasteiger partial charge >= 0.3 is 12.0 Å². The maximum atomic E-state index is 10.9. The Labute approximate surface area is 155 Å². The molecule has 0 saturated heterocycles. The number of nitrogens with zero attached hydrogens (tertiary/aromatic N) is 4. The van der Waals surface area contributed by atoms with Gasteiger partial charge < -0.3 is 19.9 Å². The maximum absolute atomic E-state index is 10.9. The summed E-state index contributed by atoms with van der Waals surface area (Å²) in [5, 5.41) is 23.4. The van der Waals surface area contributed by atoms with Crippen LogP contribution in [-0.2, 0) is 11.3 Å². The van der Waals surface area contributed by atoms with Crippen molar-refractivity contribution < 1.29 is 19.4 Å². The topological polar surface area (TPSA) is 111 Å². The van der Waals surface area contributed by atoms with Crippen molar-refractivity contribution in [3.8, 4) is 23.2 Å². The molecule has 0 saturated carbocycles. The Morgan fingerprint density at radius 2 is 2.00 bits per heavy atom. The predicted molar refractivity (Wildman–Crippen MR) is 96.2 cm³/mol. The number of hydrogen-bond acceptors (Lipinski definition) is 7. The molecule has 0 aliphatic rings. The summed E-state index contributed by atoms with van der Waals surface area (Å²) in [7, 11) is 1.53. The molecule has 27 heavy (non-hydrogen) atoms. The zero-order chi connectivity index (χ0) is 19.2. The van der Waals surface area contributed by atoms with Crippen LogP contribution in [0, 0.1) is 0 Å². The van der Waals surface area contributed by atoms with Gasteiger partial charge in [0, 0.05) is 6.54 Å². The number of nitrogens with one attached hydrogen (secondary N) is 1. The van der Waals surface area contributed by atoms with E-state index in [9.17, 15) is 4.79 Å². The highest BCUT2D eigenvalue weighted by Crippen LogP contribution is 2.32. The Morgan fingerprint density at radius 1 is 1.22 bits per heavy atom. The summed E-state index contributed by atoms with van der Waals surface area (Å²) >= 11 is 0. The molecule has 2 N–H and O–H groups in total. The molecular weight excluding hydrogens is 350 g/mol. The first kappa shape index (κ1) is 18.3. The molecule has 1 atom stereocenters. The van der Waals surface area contributed by atoms with Gasteiger partial charge in [-0.25, -0.2) is 0 Å². The molecule has 2 aromatic carbocycles. The highest BCUT2D eigenvalue weighted by molar-refractivity contribution is 5.72. The molecule has 9 heteroatoms. The van der Waals surface area contributed by atoms with Crippen molar-refractivity contribution in [1.29, 1.82) is 0 Å². The molecule has 0 amide bonds. The molecule has 0 aliphatic heterocycles. The number of carboxylic acids is 1. The zero-order valence-corrected chi connectivity index (χ0v) is 14.9. The first-order valence-electron chi connectivity index (χ1n) is 8.23. The number of carbonyl (C=O) groups is 1. The average molecular weight is 369 g/mol. The number of para-hydroxylation sites is 1. The molecule has 0 spiro atoms. The van der Waals surface area contributed by atoms with Crippen LogP contribution < -0.4 is 14.8 Å². The minimum Gasteiger partial charge on any atom is -0.493 e. The summed E-state index contributed by atoms with van der Waals surface area (Å²) in [4.78, 5) is 10.9. The van der Waals surface area contributed by atoms with Gasteiger partial charge in [0.15, 0.2) is 11.5 Å². The van der Waals surface area contributed by atoms with Crippen LogP contribution in [0.3, 0.4) is 0 Å². The third-order valence-electron chi connectivity index (χ3n) is 3.85. The van der Waals surface area contributed by atoms with E-state index in [4.69, 9.17) is 14.6 Å². The number of rotatable bonds is 8. The normalized spacial score (nSPS) is 11.8. The Bertz CT molecular complexity index is 913. The third kappa shape index (κ3) is 4.39. The molecule has 1 aromatic heterocycles. The van der Waals surface area contributed by atoms with E-state index in [1.54, 1.807) is 19.1 Å². The van der Waals surface area contributed by atoms with Crippen LogP contribution in [0.25, 0.3) is 5.69 Å². The molecule has 9 nitrogen and oxygen atoms in total. The van der Waals surface area contributed by atoms with Gasteiger partial charge in [-0.3, -0.25) is 4.79 Å². The van der Waals surface area contributed by atoms with Crippen molar-refractivity contribution in [1.82, 2.24) is 25.5 Å². The summed E-state index contributed by atoms with van der Waals surface area (Å²) in [6, 6.07) is 14.2. The Morgan fingerprint density at radius 3 is 2.70 bits per heavy atom. The van der Waals surface area contributed by atoms with Gasteiger partial charge in [-0.05, 0) is 47.2 Å². The van der Waals surface area contributed by atoms with Crippen molar-refractivity contribution in [2.75, 3.05) is 7.11 Å². The van der Waals surface area contributed by atoms with Crippen LogP contribution in [0.4, 0.5) is 0 Å². The van der Waals surface area contributed by atoms with Gasteiger partial charge in [-0.2, -0.15) is 4.68 Å². The van der Waals surface area contributed by atoms with E-state index in [1.807, 2.05) is 36.4 Å². The number of carboxylic acid groups (broad SMARTS) is 1. The van der Waals surface area contributed by atoms with Gasteiger partial charge in [0.2, 0.25) is 0 Å². The zero-order valence-electron chi connectivity index (χ0n) is 14.9. The van der Waals surface area contributed by atoms with Crippen LogP contribution in [0.2, 0.25) is 0 Å². The predicted octanol–water partition coefficient (Wildman–Crippen LogP) is 2.03. The van der Waals surface area contributed by atoms with Crippen molar-refractivity contribution in [3.63, 3.8) is 0 Å². The van der Waals surface area contributed by atoms with Crippen LogP contribution >= 0.6 is 0 Å². The van der Waals surface area contributed by atoms with Gasteiger partial charge in [-0.15, -0.1) is 0 Å². The molecule has 3 rings (SSSR count). The summed E-state index contributed by atoms with van der Waals surface area (Å²) in [5.74, 6) is 0.0223.